The standard InChI is InChI=1S/C19H24Cl2N4O/c1-19(2,3)23-18(26)25(14-5-6-14)12-17-22-8-9-24(17)11-13-4-7-15(20)16(21)10-13/h4,7-10,14H,5-6,11-12H2,1-3H3,(H,23,26). The van der Waals surface area contributed by atoms with E-state index in [1.807, 2.05) is 48.6 Å². The number of hydrogen-bond acceptors (Lipinski definition) is 2. The second kappa shape index (κ2) is 7.49. The van der Waals surface area contributed by atoms with Crippen LogP contribution in [-0.4, -0.2) is 32.1 Å². The van der Waals surface area contributed by atoms with Crippen molar-refractivity contribution >= 4 is 29.2 Å². The summed E-state index contributed by atoms with van der Waals surface area (Å²) in [5.41, 5.74) is 0.774. The van der Waals surface area contributed by atoms with Crippen molar-refractivity contribution in [2.45, 2.75) is 58.3 Å². The summed E-state index contributed by atoms with van der Waals surface area (Å²) in [5.74, 6) is 0.854. The smallest absolute Gasteiger partial charge is 0.318 e. The number of rotatable bonds is 5. The molecular weight excluding hydrogens is 371 g/mol. The SMILES string of the molecule is CC(C)(C)NC(=O)N(Cc1nccn1Cc1ccc(Cl)c(Cl)c1)C1CC1. The van der Waals surface area contributed by atoms with Crippen LogP contribution in [0.5, 0.6) is 0 Å². The van der Waals surface area contributed by atoms with Gasteiger partial charge in [-0.25, -0.2) is 9.78 Å². The van der Waals surface area contributed by atoms with E-state index in [1.165, 1.54) is 0 Å². The number of benzene rings is 1. The lowest BCUT2D eigenvalue weighted by Crippen LogP contribution is -2.49. The van der Waals surface area contributed by atoms with Gasteiger partial charge in [0.2, 0.25) is 0 Å². The van der Waals surface area contributed by atoms with Crippen LogP contribution in [0.15, 0.2) is 30.6 Å². The summed E-state index contributed by atoms with van der Waals surface area (Å²) >= 11 is 12.1. The zero-order chi connectivity index (χ0) is 18.9. The Hall–Kier alpha value is -1.72. The highest BCUT2D eigenvalue weighted by Gasteiger charge is 2.34. The number of aromatic nitrogens is 2. The van der Waals surface area contributed by atoms with Crippen LogP contribution in [0.2, 0.25) is 10.0 Å². The van der Waals surface area contributed by atoms with E-state index in [4.69, 9.17) is 23.2 Å². The molecular formula is C19H24Cl2N4O. The van der Waals surface area contributed by atoms with E-state index in [0.29, 0.717) is 29.2 Å². The Kier molecular flexibility index (Phi) is 5.49. The predicted octanol–water partition coefficient (Wildman–Crippen LogP) is 4.71. The van der Waals surface area contributed by atoms with Gasteiger partial charge in [-0.15, -0.1) is 0 Å². The molecule has 2 aromatic rings. The summed E-state index contributed by atoms with van der Waals surface area (Å²) in [4.78, 5) is 19.0. The predicted molar refractivity (Wildman–Crippen MR) is 105 cm³/mol. The molecule has 0 saturated heterocycles. The zero-order valence-electron chi connectivity index (χ0n) is 15.3. The normalized spacial score (nSPS) is 14.3. The molecule has 26 heavy (non-hydrogen) atoms. The van der Waals surface area contributed by atoms with Crippen LogP contribution in [0, 0.1) is 0 Å². The summed E-state index contributed by atoms with van der Waals surface area (Å²) in [7, 11) is 0. The topological polar surface area (TPSA) is 50.2 Å². The minimum Gasteiger partial charge on any atom is -0.333 e. The first-order chi connectivity index (χ1) is 12.2. The lowest BCUT2D eigenvalue weighted by molar-refractivity contribution is 0.180. The van der Waals surface area contributed by atoms with Crippen molar-refractivity contribution in [1.82, 2.24) is 19.8 Å². The summed E-state index contributed by atoms with van der Waals surface area (Å²) in [6.45, 7) is 7.08. The molecule has 0 atom stereocenters. The van der Waals surface area contributed by atoms with Gasteiger partial charge in [-0.1, -0.05) is 29.3 Å². The highest BCUT2D eigenvalue weighted by Crippen LogP contribution is 2.29. The van der Waals surface area contributed by atoms with Crippen LogP contribution in [-0.2, 0) is 13.1 Å². The van der Waals surface area contributed by atoms with Gasteiger partial charge in [0.15, 0.2) is 0 Å². The second-order valence-electron chi connectivity index (χ2n) is 7.76. The van der Waals surface area contributed by atoms with Crippen molar-refractivity contribution in [3.63, 3.8) is 0 Å². The average Bonchev–Trinajstić information content (AvgIpc) is 3.28. The summed E-state index contributed by atoms with van der Waals surface area (Å²) < 4.78 is 2.04. The molecule has 1 saturated carbocycles. The number of nitrogens with one attached hydrogen (secondary N) is 1. The maximum absolute atomic E-state index is 12.7. The molecule has 1 heterocycles. The van der Waals surface area contributed by atoms with Gasteiger partial charge in [-0.2, -0.15) is 0 Å². The molecule has 1 aromatic carbocycles. The molecule has 0 radical (unpaired) electrons. The van der Waals surface area contributed by atoms with Gasteiger partial charge in [0.1, 0.15) is 5.82 Å². The lowest BCUT2D eigenvalue weighted by Gasteiger charge is -2.28. The Morgan fingerprint density at radius 1 is 1.31 bits per heavy atom. The number of nitrogens with zero attached hydrogens (tertiary/aromatic N) is 3. The van der Waals surface area contributed by atoms with E-state index < -0.39 is 0 Å². The fraction of sp³-hybridized carbons (Fsp3) is 0.474. The number of hydrogen-bond donors (Lipinski definition) is 1. The number of carbonyl (C=O) groups is 1. The van der Waals surface area contributed by atoms with Gasteiger partial charge >= 0.3 is 6.03 Å². The number of imidazole rings is 1. The van der Waals surface area contributed by atoms with Crippen LogP contribution in [0.25, 0.3) is 0 Å². The highest BCUT2D eigenvalue weighted by molar-refractivity contribution is 6.42. The van der Waals surface area contributed by atoms with Crippen LogP contribution in [0.4, 0.5) is 4.79 Å². The van der Waals surface area contributed by atoms with Crippen LogP contribution in [0.3, 0.4) is 0 Å². The molecule has 0 bridgehead atoms. The number of carbonyl (C=O) groups excluding carboxylic acids is 1. The molecule has 0 spiro atoms. The first-order valence-corrected chi connectivity index (χ1v) is 9.51. The van der Waals surface area contributed by atoms with E-state index in [9.17, 15) is 4.79 Å². The van der Waals surface area contributed by atoms with Crippen LogP contribution < -0.4 is 5.32 Å². The quantitative estimate of drug-likeness (QED) is 0.797. The van der Waals surface area contributed by atoms with Crippen molar-refractivity contribution < 1.29 is 4.79 Å². The average molecular weight is 395 g/mol. The van der Waals surface area contributed by atoms with Gasteiger partial charge in [0.25, 0.3) is 0 Å². The summed E-state index contributed by atoms with van der Waals surface area (Å²) in [5, 5.41) is 4.13. The highest BCUT2D eigenvalue weighted by atomic mass is 35.5. The molecule has 1 aliphatic carbocycles. The molecule has 1 aliphatic rings. The molecule has 3 rings (SSSR count). The molecule has 5 nitrogen and oxygen atoms in total. The Labute approximate surface area is 164 Å². The maximum atomic E-state index is 12.7. The van der Waals surface area contributed by atoms with Crippen molar-refractivity contribution in [1.29, 1.82) is 0 Å². The molecule has 1 fully saturated rings. The second-order valence-corrected chi connectivity index (χ2v) is 8.57. The fourth-order valence-electron chi connectivity index (χ4n) is 2.77. The molecule has 1 N–H and O–H groups in total. The van der Waals surface area contributed by atoms with Crippen molar-refractivity contribution in [2.75, 3.05) is 0 Å². The van der Waals surface area contributed by atoms with E-state index in [-0.39, 0.29) is 11.6 Å². The Morgan fingerprint density at radius 3 is 2.65 bits per heavy atom. The number of urea groups is 1. The minimum atomic E-state index is -0.264. The number of amides is 2. The van der Waals surface area contributed by atoms with Crippen molar-refractivity contribution in [2.24, 2.45) is 0 Å². The van der Waals surface area contributed by atoms with Gasteiger partial charge in [-0.3, -0.25) is 0 Å². The first-order valence-electron chi connectivity index (χ1n) is 8.75. The van der Waals surface area contributed by atoms with E-state index in [0.717, 1.165) is 24.2 Å². The Balaban J connectivity index is 1.74. The third-order valence-electron chi connectivity index (χ3n) is 4.18. The first kappa shape index (κ1) is 19.1. The summed E-state index contributed by atoms with van der Waals surface area (Å²) in [6.07, 6.45) is 5.78. The molecule has 0 unspecified atom stereocenters. The zero-order valence-corrected chi connectivity index (χ0v) is 16.8. The molecule has 2 amide bonds. The van der Waals surface area contributed by atoms with E-state index in [1.54, 1.807) is 12.3 Å². The van der Waals surface area contributed by atoms with Crippen LogP contribution in [0.1, 0.15) is 45.0 Å². The molecule has 0 aliphatic heterocycles. The van der Waals surface area contributed by atoms with Gasteiger partial charge in [0.05, 0.1) is 16.6 Å². The largest absolute Gasteiger partial charge is 0.333 e. The third kappa shape index (κ3) is 4.92. The minimum absolute atomic E-state index is 0.0379. The van der Waals surface area contributed by atoms with Crippen molar-refractivity contribution in [3.05, 3.63) is 52.0 Å². The van der Waals surface area contributed by atoms with E-state index in [2.05, 4.69) is 10.3 Å². The Bertz CT molecular complexity index is 793. The number of halogens is 2. The monoisotopic (exact) mass is 394 g/mol. The molecule has 140 valence electrons. The van der Waals surface area contributed by atoms with E-state index >= 15 is 0 Å². The van der Waals surface area contributed by atoms with Gasteiger partial charge in [-0.05, 0) is 51.3 Å². The molecule has 1 aromatic heterocycles. The van der Waals surface area contributed by atoms with Crippen LogP contribution >= 0.6 is 23.2 Å². The summed E-state index contributed by atoms with van der Waals surface area (Å²) in [6, 6.07) is 5.86. The third-order valence-corrected chi connectivity index (χ3v) is 4.92. The lowest BCUT2D eigenvalue weighted by atomic mass is 10.1. The maximum Gasteiger partial charge on any atom is 0.318 e. The fourth-order valence-corrected chi connectivity index (χ4v) is 3.09. The Morgan fingerprint density at radius 2 is 2.04 bits per heavy atom. The van der Waals surface area contributed by atoms with Gasteiger partial charge < -0.3 is 14.8 Å². The van der Waals surface area contributed by atoms with Crippen molar-refractivity contribution in [3.8, 4) is 0 Å². The van der Waals surface area contributed by atoms with Gasteiger partial charge in [0, 0.05) is 30.5 Å². The molecule has 7 heteroatoms.